The predicted octanol–water partition coefficient (Wildman–Crippen LogP) is 3.87. The van der Waals surface area contributed by atoms with E-state index >= 15 is 0 Å². The Morgan fingerprint density at radius 2 is 1.58 bits per heavy atom. The summed E-state index contributed by atoms with van der Waals surface area (Å²) in [4.78, 5) is 0.295. The molecule has 0 saturated carbocycles. The van der Waals surface area contributed by atoms with Gasteiger partial charge in [0.05, 0.1) is 10.6 Å². The van der Waals surface area contributed by atoms with Gasteiger partial charge in [0.25, 0.3) is 10.0 Å². The van der Waals surface area contributed by atoms with E-state index in [0.717, 1.165) is 15.6 Å². The fourth-order valence-corrected chi connectivity index (χ4v) is 3.60. The molecular formula is C14H14BrNO2S. The smallest absolute Gasteiger partial charge is 0.262 e. The standard InChI is InChI=1S/C14H14BrNO2S/c1-10-6-3-4-9-13(10)19(17,18)16-12-8-5-7-11(2)14(12)15/h3-9,16H,1-2H3. The maximum Gasteiger partial charge on any atom is 0.262 e. The van der Waals surface area contributed by atoms with E-state index in [2.05, 4.69) is 20.7 Å². The highest BCUT2D eigenvalue weighted by Gasteiger charge is 2.17. The minimum atomic E-state index is -3.56. The highest BCUT2D eigenvalue weighted by molar-refractivity contribution is 9.10. The normalized spacial score (nSPS) is 11.3. The number of nitrogens with one attached hydrogen (secondary N) is 1. The van der Waals surface area contributed by atoms with Crippen LogP contribution in [0.2, 0.25) is 0 Å². The quantitative estimate of drug-likeness (QED) is 0.922. The highest BCUT2D eigenvalue weighted by Crippen LogP contribution is 2.28. The second kappa shape index (κ2) is 5.35. The van der Waals surface area contributed by atoms with Crippen LogP contribution in [0.25, 0.3) is 0 Å². The van der Waals surface area contributed by atoms with Crippen LogP contribution in [0.3, 0.4) is 0 Å². The Bertz CT molecular complexity index is 711. The Morgan fingerprint density at radius 1 is 0.947 bits per heavy atom. The summed E-state index contributed by atoms with van der Waals surface area (Å²) in [5.41, 5.74) is 2.24. The van der Waals surface area contributed by atoms with Gasteiger partial charge in [-0.3, -0.25) is 4.72 Å². The zero-order valence-electron chi connectivity index (χ0n) is 10.6. The number of halogens is 1. The van der Waals surface area contributed by atoms with Crippen LogP contribution in [0, 0.1) is 13.8 Å². The molecule has 0 radical (unpaired) electrons. The van der Waals surface area contributed by atoms with E-state index in [4.69, 9.17) is 0 Å². The van der Waals surface area contributed by atoms with Gasteiger partial charge in [0.1, 0.15) is 0 Å². The van der Waals surface area contributed by atoms with Crippen molar-refractivity contribution in [1.29, 1.82) is 0 Å². The first-order valence-corrected chi connectivity index (χ1v) is 8.03. The molecule has 2 aromatic rings. The summed E-state index contributed by atoms with van der Waals surface area (Å²) >= 11 is 3.40. The van der Waals surface area contributed by atoms with E-state index in [1.165, 1.54) is 0 Å². The molecule has 0 aliphatic carbocycles. The zero-order valence-corrected chi connectivity index (χ0v) is 13.0. The van der Waals surface area contributed by atoms with E-state index in [-0.39, 0.29) is 0 Å². The van der Waals surface area contributed by atoms with E-state index in [1.54, 1.807) is 31.2 Å². The van der Waals surface area contributed by atoms with Gasteiger partial charge < -0.3 is 0 Å². The van der Waals surface area contributed by atoms with Gasteiger partial charge in [-0.05, 0) is 53.0 Å². The van der Waals surface area contributed by atoms with E-state index in [0.29, 0.717) is 10.6 Å². The summed E-state index contributed by atoms with van der Waals surface area (Å²) in [6, 6.07) is 12.4. The summed E-state index contributed by atoms with van der Waals surface area (Å²) in [5, 5.41) is 0. The van der Waals surface area contributed by atoms with Gasteiger partial charge in [-0.15, -0.1) is 0 Å². The van der Waals surface area contributed by atoms with Crippen LogP contribution in [-0.4, -0.2) is 8.42 Å². The Morgan fingerprint density at radius 3 is 2.26 bits per heavy atom. The molecule has 2 rings (SSSR count). The Kier molecular flexibility index (Phi) is 3.96. The number of hydrogen-bond acceptors (Lipinski definition) is 2. The third-order valence-corrected chi connectivity index (χ3v) is 5.40. The molecule has 0 unspecified atom stereocenters. The lowest BCUT2D eigenvalue weighted by Gasteiger charge is -2.12. The molecule has 0 spiro atoms. The third-order valence-electron chi connectivity index (χ3n) is 2.82. The van der Waals surface area contributed by atoms with Crippen molar-refractivity contribution in [2.45, 2.75) is 18.7 Å². The number of hydrogen-bond donors (Lipinski definition) is 1. The molecule has 0 aromatic heterocycles. The lowest BCUT2D eigenvalue weighted by molar-refractivity contribution is 0.600. The number of benzene rings is 2. The summed E-state index contributed by atoms with van der Waals surface area (Å²) in [6.45, 7) is 3.69. The number of sulfonamides is 1. The average Bonchev–Trinajstić information content (AvgIpc) is 2.35. The van der Waals surface area contributed by atoms with Gasteiger partial charge in [-0.25, -0.2) is 8.42 Å². The molecule has 2 aromatic carbocycles. The molecule has 0 atom stereocenters. The van der Waals surface area contributed by atoms with Crippen molar-refractivity contribution in [1.82, 2.24) is 0 Å². The molecular weight excluding hydrogens is 326 g/mol. The molecule has 19 heavy (non-hydrogen) atoms. The second-order valence-electron chi connectivity index (χ2n) is 4.31. The molecule has 1 N–H and O–H groups in total. The van der Waals surface area contributed by atoms with Crippen LogP contribution < -0.4 is 4.72 Å². The maximum absolute atomic E-state index is 12.4. The first kappa shape index (κ1) is 14.1. The lowest BCUT2D eigenvalue weighted by atomic mass is 10.2. The Balaban J connectivity index is 2.43. The molecule has 0 aliphatic rings. The Labute approximate surface area is 121 Å². The molecule has 5 heteroatoms. The largest absolute Gasteiger partial charge is 0.278 e. The second-order valence-corrected chi connectivity index (χ2v) is 6.75. The minimum Gasteiger partial charge on any atom is -0.278 e. The van der Waals surface area contributed by atoms with Gasteiger partial charge in [0.15, 0.2) is 0 Å². The van der Waals surface area contributed by atoms with Crippen molar-refractivity contribution < 1.29 is 8.42 Å². The predicted molar refractivity (Wildman–Crippen MR) is 80.9 cm³/mol. The van der Waals surface area contributed by atoms with Crippen LogP contribution in [0.1, 0.15) is 11.1 Å². The van der Waals surface area contributed by atoms with Gasteiger partial charge in [-0.2, -0.15) is 0 Å². The SMILES string of the molecule is Cc1ccccc1S(=O)(=O)Nc1cccc(C)c1Br. The molecule has 0 aliphatic heterocycles. The van der Waals surface area contributed by atoms with Crippen molar-refractivity contribution in [3.8, 4) is 0 Å². The molecule has 0 fully saturated rings. The van der Waals surface area contributed by atoms with Crippen LogP contribution in [0.15, 0.2) is 51.8 Å². The average molecular weight is 340 g/mol. The minimum absolute atomic E-state index is 0.295. The highest BCUT2D eigenvalue weighted by atomic mass is 79.9. The molecule has 0 heterocycles. The monoisotopic (exact) mass is 339 g/mol. The van der Waals surface area contributed by atoms with Crippen molar-refractivity contribution in [3.63, 3.8) is 0 Å². The van der Waals surface area contributed by atoms with Gasteiger partial charge in [0.2, 0.25) is 0 Å². The summed E-state index contributed by atoms with van der Waals surface area (Å²) in [5.74, 6) is 0. The van der Waals surface area contributed by atoms with Crippen LogP contribution in [-0.2, 0) is 10.0 Å². The van der Waals surface area contributed by atoms with Gasteiger partial charge in [-0.1, -0.05) is 30.3 Å². The van der Waals surface area contributed by atoms with Crippen LogP contribution in [0.4, 0.5) is 5.69 Å². The summed E-state index contributed by atoms with van der Waals surface area (Å²) < 4.78 is 28.1. The molecule has 0 saturated heterocycles. The molecule has 100 valence electrons. The summed E-state index contributed by atoms with van der Waals surface area (Å²) in [6.07, 6.45) is 0. The van der Waals surface area contributed by atoms with Crippen molar-refractivity contribution in [2.75, 3.05) is 4.72 Å². The van der Waals surface area contributed by atoms with E-state index in [9.17, 15) is 8.42 Å². The van der Waals surface area contributed by atoms with Crippen molar-refractivity contribution in [3.05, 3.63) is 58.1 Å². The van der Waals surface area contributed by atoms with Crippen LogP contribution in [0.5, 0.6) is 0 Å². The fraction of sp³-hybridized carbons (Fsp3) is 0.143. The zero-order chi connectivity index (χ0) is 14.0. The first-order valence-electron chi connectivity index (χ1n) is 5.75. The van der Waals surface area contributed by atoms with Crippen LogP contribution >= 0.6 is 15.9 Å². The maximum atomic E-state index is 12.4. The molecule has 0 bridgehead atoms. The van der Waals surface area contributed by atoms with Crippen molar-refractivity contribution in [2.24, 2.45) is 0 Å². The molecule has 0 amide bonds. The van der Waals surface area contributed by atoms with Crippen molar-refractivity contribution >= 4 is 31.6 Å². The Hall–Kier alpha value is -1.33. The molecule has 3 nitrogen and oxygen atoms in total. The first-order chi connectivity index (χ1) is 8.92. The fourth-order valence-electron chi connectivity index (χ4n) is 1.78. The topological polar surface area (TPSA) is 46.2 Å². The van der Waals surface area contributed by atoms with E-state index in [1.807, 2.05) is 25.1 Å². The van der Waals surface area contributed by atoms with Gasteiger partial charge >= 0.3 is 0 Å². The summed E-state index contributed by atoms with van der Waals surface area (Å²) in [7, 11) is -3.56. The third kappa shape index (κ3) is 2.98. The lowest BCUT2D eigenvalue weighted by Crippen LogP contribution is -2.14. The number of anilines is 1. The number of aryl methyl sites for hydroxylation is 2. The van der Waals surface area contributed by atoms with Gasteiger partial charge in [0, 0.05) is 4.47 Å². The van der Waals surface area contributed by atoms with E-state index < -0.39 is 10.0 Å². The number of rotatable bonds is 3.